The van der Waals surface area contributed by atoms with Crippen molar-refractivity contribution in [3.05, 3.63) is 77.1 Å². The van der Waals surface area contributed by atoms with Gasteiger partial charge < -0.3 is 10.2 Å². The Bertz CT molecular complexity index is 829. The van der Waals surface area contributed by atoms with Gasteiger partial charge in [0.05, 0.1) is 6.04 Å². The maximum Gasteiger partial charge on any atom is 0.247 e. The average molecular weight is 396 g/mol. The second-order valence-corrected chi connectivity index (χ2v) is 7.46. The van der Waals surface area contributed by atoms with E-state index in [2.05, 4.69) is 34.2 Å². The number of amides is 1. The Morgan fingerprint density at radius 1 is 1.07 bits per heavy atom. The highest BCUT2D eigenvalue weighted by molar-refractivity contribution is 5.97. The summed E-state index contributed by atoms with van der Waals surface area (Å²) in [6.45, 7) is 9.55. The maximum atomic E-state index is 13.9. The van der Waals surface area contributed by atoms with Crippen LogP contribution < -0.4 is 5.32 Å². The smallest absolute Gasteiger partial charge is 0.247 e. The molecule has 0 saturated carbocycles. The van der Waals surface area contributed by atoms with Crippen molar-refractivity contribution in [1.29, 1.82) is 0 Å². The Morgan fingerprint density at radius 2 is 1.72 bits per heavy atom. The van der Waals surface area contributed by atoms with Crippen molar-refractivity contribution in [3.63, 3.8) is 0 Å². The summed E-state index contributed by atoms with van der Waals surface area (Å²) in [5, 5.41) is 3.06. The highest BCUT2D eigenvalue weighted by atomic mass is 19.1. The van der Waals surface area contributed by atoms with Gasteiger partial charge in [-0.1, -0.05) is 55.5 Å². The third-order valence-electron chi connectivity index (χ3n) is 5.57. The van der Waals surface area contributed by atoms with Crippen molar-refractivity contribution in [2.75, 3.05) is 39.3 Å². The molecule has 154 valence electrons. The van der Waals surface area contributed by atoms with Crippen molar-refractivity contribution >= 4 is 12.0 Å². The van der Waals surface area contributed by atoms with Crippen LogP contribution in [0.25, 0.3) is 6.08 Å². The zero-order valence-electron chi connectivity index (χ0n) is 17.3. The van der Waals surface area contributed by atoms with Gasteiger partial charge in [0.2, 0.25) is 5.91 Å². The van der Waals surface area contributed by atoms with Gasteiger partial charge in [-0.05, 0) is 31.2 Å². The fraction of sp³-hybridized carbons (Fsp3) is 0.375. The van der Waals surface area contributed by atoms with Gasteiger partial charge in [-0.25, -0.2) is 4.39 Å². The molecule has 0 radical (unpaired) electrons. The molecule has 4 nitrogen and oxygen atoms in total. The van der Waals surface area contributed by atoms with Crippen LogP contribution in [0.15, 0.2) is 60.2 Å². The van der Waals surface area contributed by atoms with Crippen molar-refractivity contribution in [1.82, 2.24) is 15.1 Å². The molecule has 0 bridgehead atoms. The van der Waals surface area contributed by atoms with Gasteiger partial charge in [-0.3, -0.25) is 9.69 Å². The predicted octanol–water partition coefficient (Wildman–Crippen LogP) is 3.72. The molecule has 1 amide bonds. The fourth-order valence-electron chi connectivity index (χ4n) is 3.74. The number of hydrogen-bond donors (Lipinski definition) is 1. The molecule has 0 aliphatic carbocycles. The van der Waals surface area contributed by atoms with Crippen molar-refractivity contribution in [2.24, 2.45) is 0 Å². The van der Waals surface area contributed by atoms with Crippen LogP contribution in [0.4, 0.5) is 4.39 Å². The zero-order valence-corrected chi connectivity index (χ0v) is 17.3. The molecule has 1 saturated heterocycles. The van der Waals surface area contributed by atoms with Crippen molar-refractivity contribution in [3.8, 4) is 0 Å². The highest BCUT2D eigenvalue weighted by Gasteiger charge is 2.25. The lowest BCUT2D eigenvalue weighted by Gasteiger charge is -2.39. The number of benzene rings is 2. The van der Waals surface area contributed by atoms with E-state index in [0.29, 0.717) is 17.7 Å². The van der Waals surface area contributed by atoms with Crippen LogP contribution in [0.2, 0.25) is 0 Å². The van der Waals surface area contributed by atoms with E-state index in [1.54, 1.807) is 31.2 Å². The molecule has 1 heterocycles. The number of nitrogens with one attached hydrogen (secondary N) is 1. The minimum atomic E-state index is -0.324. The lowest BCUT2D eigenvalue weighted by Crippen LogP contribution is -2.49. The normalized spacial score (nSPS) is 17.1. The summed E-state index contributed by atoms with van der Waals surface area (Å²) in [7, 11) is 0. The first-order valence-corrected chi connectivity index (χ1v) is 10.3. The second kappa shape index (κ2) is 10.3. The number of halogens is 1. The van der Waals surface area contributed by atoms with Gasteiger partial charge in [0, 0.05) is 43.9 Å². The fourth-order valence-corrected chi connectivity index (χ4v) is 3.74. The first kappa shape index (κ1) is 21.2. The molecule has 1 unspecified atom stereocenters. The number of likely N-dealkylation sites (N-methyl/N-ethyl adjacent to an activating group) is 1. The summed E-state index contributed by atoms with van der Waals surface area (Å²) in [4.78, 5) is 17.5. The number of hydrogen-bond acceptors (Lipinski definition) is 3. The number of piperazine rings is 1. The first-order chi connectivity index (χ1) is 14.1. The van der Waals surface area contributed by atoms with Gasteiger partial charge in [0.1, 0.15) is 5.82 Å². The Hall–Kier alpha value is -2.50. The molecule has 1 atom stereocenters. The number of carbonyl (C=O) groups is 1. The summed E-state index contributed by atoms with van der Waals surface area (Å²) < 4.78 is 13.9. The molecule has 1 aliphatic heterocycles. The van der Waals surface area contributed by atoms with E-state index in [0.717, 1.165) is 32.7 Å². The van der Waals surface area contributed by atoms with Crippen molar-refractivity contribution < 1.29 is 9.18 Å². The van der Waals surface area contributed by atoms with Gasteiger partial charge in [-0.15, -0.1) is 0 Å². The lowest BCUT2D eigenvalue weighted by atomic mass is 10.0. The van der Waals surface area contributed by atoms with E-state index in [4.69, 9.17) is 0 Å². The van der Waals surface area contributed by atoms with Crippen LogP contribution in [0.5, 0.6) is 0 Å². The quantitative estimate of drug-likeness (QED) is 0.726. The summed E-state index contributed by atoms with van der Waals surface area (Å²) in [5.74, 6) is -0.489. The molecular formula is C24H30FN3O. The highest BCUT2D eigenvalue weighted by Crippen LogP contribution is 2.22. The number of carbonyl (C=O) groups excluding carboxylic acids is 1. The minimum absolute atomic E-state index is 0.125. The van der Waals surface area contributed by atoms with Gasteiger partial charge >= 0.3 is 0 Å². The summed E-state index contributed by atoms with van der Waals surface area (Å²) in [6.07, 6.45) is 1.60. The molecule has 0 spiro atoms. The Labute approximate surface area is 173 Å². The van der Waals surface area contributed by atoms with E-state index in [-0.39, 0.29) is 17.8 Å². The van der Waals surface area contributed by atoms with Crippen LogP contribution >= 0.6 is 0 Å². The van der Waals surface area contributed by atoms with E-state index >= 15 is 0 Å². The van der Waals surface area contributed by atoms with Crippen LogP contribution in [-0.4, -0.2) is 55.0 Å². The van der Waals surface area contributed by atoms with Crippen LogP contribution in [0, 0.1) is 5.82 Å². The Kier molecular flexibility index (Phi) is 7.55. The molecule has 2 aromatic carbocycles. The molecule has 1 N–H and O–H groups in total. The Morgan fingerprint density at radius 3 is 2.38 bits per heavy atom. The Balaban J connectivity index is 1.68. The number of nitrogens with zero attached hydrogens (tertiary/aromatic N) is 2. The molecule has 2 aromatic rings. The second-order valence-electron chi connectivity index (χ2n) is 7.46. The summed E-state index contributed by atoms with van der Waals surface area (Å²) in [5.41, 5.74) is 2.13. The molecule has 1 aliphatic rings. The zero-order chi connectivity index (χ0) is 20.6. The minimum Gasteiger partial charge on any atom is -0.350 e. The van der Waals surface area contributed by atoms with E-state index in [1.807, 2.05) is 18.2 Å². The molecule has 0 aromatic heterocycles. The summed E-state index contributed by atoms with van der Waals surface area (Å²) in [6, 6.07) is 16.9. The molecule has 3 rings (SSSR count). The molecule has 1 fully saturated rings. The molecule has 29 heavy (non-hydrogen) atoms. The van der Waals surface area contributed by atoms with Crippen LogP contribution in [0.3, 0.4) is 0 Å². The van der Waals surface area contributed by atoms with E-state index < -0.39 is 0 Å². The van der Waals surface area contributed by atoms with Gasteiger partial charge in [-0.2, -0.15) is 0 Å². The number of rotatable bonds is 7. The third-order valence-corrected chi connectivity index (χ3v) is 5.57. The molecule has 5 heteroatoms. The third kappa shape index (κ3) is 5.75. The maximum absolute atomic E-state index is 13.9. The molecular weight excluding hydrogens is 365 g/mol. The largest absolute Gasteiger partial charge is 0.350 e. The topological polar surface area (TPSA) is 35.6 Å². The predicted molar refractivity (Wildman–Crippen MR) is 116 cm³/mol. The average Bonchev–Trinajstić information content (AvgIpc) is 2.76. The van der Waals surface area contributed by atoms with Crippen LogP contribution in [-0.2, 0) is 4.79 Å². The van der Waals surface area contributed by atoms with Gasteiger partial charge in [0.25, 0.3) is 0 Å². The summed E-state index contributed by atoms with van der Waals surface area (Å²) >= 11 is 0. The van der Waals surface area contributed by atoms with Gasteiger partial charge in [0.15, 0.2) is 0 Å². The lowest BCUT2D eigenvalue weighted by molar-refractivity contribution is -0.117. The van der Waals surface area contributed by atoms with Crippen molar-refractivity contribution in [2.45, 2.75) is 19.9 Å². The van der Waals surface area contributed by atoms with E-state index in [9.17, 15) is 9.18 Å². The standard InChI is InChI=1S/C24H30FN3O/c1-3-27-13-15-28(16-14-27)23(20-9-5-4-6-10-20)18-26-24(29)19(2)17-21-11-7-8-12-22(21)25/h4-12,17,23H,3,13-16,18H2,1-2H3,(H,26,29)/b19-17+. The monoisotopic (exact) mass is 395 g/mol. The first-order valence-electron chi connectivity index (χ1n) is 10.3. The SMILES string of the molecule is CCN1CCN(C(CNC(=O)/C(C)=C/c2ccccc2F)c2ccccc2)CC1. The van der Waals surface area contributed by atoms with E-state index in [1.165, 1.54) is 11.6 Å². The van der Waals surface area contributed by atoms with Crippen LogP contribution in [0.1, 0.15) is 31.0 Å².